The second-order valence-corrected chi connectivity index (χ2v) is 18.8. The summed E-state index contributed by atoms with van der Waals surface area (Å²) in [4.78, 5) is 22.4. The van der Waals surface area contributed by atoms with Gasteiger partial charge in [-0.2, -0.15) is 10.5 Å². The van der Waals surface area contributed by atoms with Gasteiger partial charge in [0.1, 0.15) is 28.6 Å². The van der Waals surface area contributed by atoms with E-state index in [1.807, 2.05) is 46.9 Å². The normalized spacial score (nSPS) is 16.1. The highest BCUT2D eigenvalue weighted by Gasteiger charge is 2.53. The Bertz CT molecular complexity index is 2310. The lowest BCUT2D eigenvalue weighted by molar-refractivity contribution is 0.317. The molecule has 7 rings (SSSR count). The fourth-order valence-electron chi connectivity index (χ4n) is 7.78. The first-order valence-electron chi connectivity index (χ1n) is 17.3. The lowest BCUT2D eigenvalue weighted by Crippen LogP contribution is -2.27. The second-order valence-electron chi connectivity index (χ2n) is 14.7. The average Bonchev–Trinajstić information content (AvgIpc) is 3.97. The third-order valence-electron chi connectivity index (χ3n) is 10.1. The van der Waals surface area contributed by atoms with Crippen LogP contribution in [0.4, 0.5) is 10.0 Å². The summed E-state index contributed by atoms with van der Waals surface area (Å²) in [6.07, 6.45) is 6.34. The minimum absolute atomic E-state index is 0.176. The van der Waals surface area contributed by atoms with E-state index in [4.69, 9.17) is 22.6 Å². The molecule has 0 unspecified atom stereocenters. The minimum atomic E-state index is -0.342. The summed E-state index contributed by atoms with van der Waals surface area (Å²) in [5.41, 5.74) is 6.66. The topological polar surface area (TPSA) is 99.5 Å². The standard InChI is InChI=1S/C41H36N6O2S4/c1-11-13-48-24-17-28(46-21(19-42)20-43)52-34(24)22-15-26-30(39(22,3)4)32-36(50-26)37-33(41(32,7)8)31-27(51-37)16-23(40(31,5)6)35-25(49-14-12-2)18-29(53-35)47-38(44-9)45-10/h15-18H,11-14H2,1-8H3. The largest absolute Gasteiger partial charge is 0.635 e. The molecular formula is C41H36N6O2S4. The molecule has 0 atom stereocenters. The fourth-order valence-corrected chi connectivity index (χ4v) is 13.3. The van der Waals surface area contributed by atoms with Crippen molar-refractivity contribution in [1.82, 2.24) is 0 Å². The Kier molecular flexibility index (Phi) is 9.13. The Morgan fingerprint density at radius 2 is 1.09 bits per heavy atom. The summed E-state index contributed by atoms with van der Waals surface area (Å²) in [6, 6.07) is 7.48. The molecule has 4 heterocycles. The van der Waals surface area contributed by atoms with Gasteiger partial charge in [-0.15, -0.1) is 34.0 Å². The van der Waals surface area contributed by atoms with Gasteiger partial charge in [-0.25, -0.2) is 14.7 Å². The van der Waals surface area contributed by atoms with Gasteiger partial charge in [-0.3, -0.25) is 0 Å². The van der Waals surface area contributed by atoms with Gasteiger partial charge in [0.25, 0.3) is 5.00 Å². The fraction of sp³-hybridized carbons (Fsp3) is 0.366. The van der Waals surface area contributed by atoms with Crippen LogP contribution in [0.15, 0.2) is 22.1 Å². The monoisotopic (exact) mass is 772 g/mol. The predicted octanol–water partition coefficient (Wildman–Crippen LogP) is 12.4. The Morgan fingerprint density at radius 1 is 0.660 bits per heavy atom. The van der Waals surface area contributed by atoms with E-state index in [0.717, 1.165) is 39.7 Å². The number of guanidine groups is 1. The SMILES string of the molecule is [C-]#[N+]C(=Nc1cc(OCCC)c(C2=Cc3sc4c(c3C2(C)C)C(C)(C)c2c-4sc3c2C(C)(C)C(c2sc(N=C(C#N)C#N)cc2OCCC)=C3)s1)[N+]#[C-]. The average molecular weight is 773 g/mol. The van der Waals surface area contributed by atoms with Gasteiger partial charge in [-0.1, -0.05) is 66.7 Å². The lowest BCUT2D eigenvalue weighted by Gasteiger charge is -2.33. The van der Waals surface area contributed by atoms with E-state index < -0.39 is 0 Å². The van der Waals surface area contributed by atoms with Crippen molar-refractivity contribution in [2.24, 2.45) is 9.98 Å². The molecule has 0 aromatic carbocycles. The molecule has 0 saturated heterocycles. The van der Waals surface area contributed by atoms with Crippen LogP contribution < -0.4 is 9.47 Å². The molecule has 4 aromatic heterocycles. The minimum Gasteiger partial charge on any atom is -0.492 e. The summed E-state index contributed by atoms with van der Waals surface area (Å²) >= 11 is 6.67. The van der Waals surface area contributed by atoms with Crippen LogP contribution in [0, 0.1) is 35.8 Å². The van der Waals surface area contributed by atoms with E-state index in [2.05, 4.69) is 87.2 Å². The van der Waals surface area contributed by atoms with Crippen molar-refractivity contribution in [3.8, 4) is 33.4 Å². The van der Waals surface area contributed by atoms with E-state index in [1.165, 1.54) is 70.0 Å². The third-order valence-corrected chi connectivity index (χ3v) is 14.6. The molecule has 0 N–H and O–H groups in total. The molecule has 0 bridgehead atoms. The number of rotatable bonds is 10. The van der Waals surface area contributed by atoms with Gasteiger partial charge in [0.2, 0.25) is 5.71 Å². The Balaban J connectivity index is 1.32. The van der Waals surface area contributed by atoms with Crippen LogP contribution in [-0.2, 0) is 16.2 Å². The Morgan fingerprint density at radius 3 is 1.49 bits per heavy atom. The zero-order chi connectivity index (χ0) is 38.0. The molecule has 53 heavy (non-hydrogen) atoms. The Labute approximate surface area is 326 Å². The lowest BCUT2D eigenvalue weighted by atomic mass is 9.70. The number of hydrogen-bond donors (Lipinski definition) is 0. The zero-order valence-electron chi connectivity index (χ0n) is 30.8. The number of aliphatic imine (C=N–C) groups is 2. The number of nitriles is 2. The first-order chi connectivity index (χ1) is 25.3. The molecule has 8 nitrogen and oxygen atoms in total. The number of thiophene rings is 4. The van der Waals surface area contributed by atoms with Gasteiger partial charge < -0.3 is 9.47 Å². The van der Waals surface area contributed by atoms with Crippen LogP contribution in [-0.4, -0.2) is 24.9 Å². The summed E-state index contributed by atoms with van der Waals surface area (Å²) in [5.74, 6) is 1.27. The van der Waals surface area contributed by atoms with Gasteiger partial charge in [-0.05, 0) is 71.5 Å². The molecule has 0 saturated carbocycles. The number of hydrogen-bond acceptors (Lipinski definition) is 10. The molecule has 4 aromatic rings. The zero-order valence-corrected chi connectivity index (χ0v) is 34.0. The van der Waals surface area contributed by atoms with Gasteiger partial charge in [0.15, 0.2) is 0 Å². The van der Waals surface area contributed by atoms with Crippen molar-refractivity contribution >= 4 is 90.3 Å². The summed E-state index contributed by atoms with van der Waals surface area (Å²) < 4.78 is 12.5. The van der Waals surface area contributed by atoms with Crippen LogP contribution in [0.25, 0.3) is 42.7 Å². The molecule has 0 spiro atoms. The van der Waals surface area contributed by atoms with Crippen molar-refractivity contribution in [1.29, 1.82) is 10.5 Å². The predicted molar refractivity (Wildman–Crippen MR) is 220 cm³/mol. The highest BCUT2D eigenvalue weighted by molar-refractivity contribution is 7.24. The quantitative estimate of drug-likeness (QED) is 0.0910. The van der Waals surface area contributed by atoms with Crippen molar-refractivity contribution in [3.63, 3.8) is 0 Å². The van der Waals surface area contributed by atoms with Gasteiger partial charge in [0.05, 0.1) is 29.0 Å². The van der Waals surface area contributed by atoms with Crippen molar-refractivity contribution in [3.05, 3.63) is 76.7 Å². The maximum Gasteiger partial charge on any atom is 0.635 e. The second kappa shape index (κ2) is 13.2. The van der Waals surface area contributed by atoms with Gasteiger partial charge in [0, 0.05) is 46.8 Å². The Hall–Kier alpha value is -4.82. The molecule has 0 fully saturated rings. The smallest absolute Gasteiger partial charge is 0.492 e. The van der Waals surface area contributed by atoms with Gasteiger partial charge >= 0.3 is 5.96 Å². The number of ether oxygens (including phenoxy) is 2. The maximum absolute atomic E-state index is 9.37. The summed E-state index contributed by atoms with van der Waals surface area (Å²) in [7, 11) is 0. The maximum atomic E-state index is 9.37. The van der Waals surface area contributed by atoms with Crippen LogP contribution >= 0.6 is 45.3 Å². The van der Waals surface area contributed by atoms with Crippen LogP contribution in [0.2, 0.25) is 0 Å². The number of nitrogens with zero attached hydrogens (tertiary/aromatic N) is 6. The molecule has 3 aliphatic carbocycles. The number of fused-ring (bicyclic) bond motifs is 7. The summed E-state index contributed by atoms with van der Waals surface area (Å²) in [6.45, 7) is 33.8. The van der Waals surface area contributed by atoms with Crippen molar-refractivity contribution < 1.29 is 9.47 Å². The third kappa shape index (κ3) is 5.60. The van der Waals surface area contributed by atoms with Crippen molar-refractivity contribution in [2.45, 2.75) is 84.5 Å². The summed E-state index contributed by atoms with van der Waals surface area (Å²) in [5, 5.41) is 19.9. The van der Waals surface area contributed by atoms with Crippen LogP contribution in [0.5, 0.6) is 11.5 Å². The van der Waals surface area contributed by atoms with E-state index in [9.17, 15) is 10.5 Å². The van der Waals surface area contributed by atoms with Crippen molar-refractivity contribution in [2.75, 3.05) is 13.2 Å². The van der Waals surface area contributed by atoms with E-state index >= 15 is 0 Å². The first kappa shape index (κ1) is 36.5. The molecule has 0 aliphatic heterocycles. The molecule has 0 amide bonds. The number of allylic oxidation sites excluding steroid dienone is 2. The highest BCUT2D eigenvalue weighted by Crippen LogP contribution is 2.68. The molecular weight excluding hydrogens is 737 g/mol. The van der Waals surface area contributed by atoms with E-state index in [-0.39, 0.29) is 27.9 Å². The van der Waals surface area contributed by atoms with E-state index in [1.54, 1.807) is 0 Å². The van der Waals surface area contributed by atoms with Crippen LogP contribution in [0.1, 0.15) is 110 Å². The molecule has 266 valence electrons. The van der Waals surface area contributed by atoms with E-state index in [0.29, 0.717) is 23.2 Å². The highest BCUT2D eigenvalue weighted by atomic mass is 32.1. The van der Waals surface area contributed by atoms with Crippen LogP contribution in [0.3, 0.4) is 0 Å². The molecule has 0 radical (unpaired) electrons. The first-order valence-corrected chi connectivity index (χ1v) is 20.6. The molecule has 12 heteroatoms. The molecule has 3 aliphatic rings.